The highest BCUT2D eigenvalue weighted by atomic mass is 32.2. The molecule has 2 amide bonds. The van der Waals surface area contributed by atoms with Gasteiger partial charge in [0, 0.05) is 41.6 Å². The molecule has 0 atom stereocenters. The van der Waals surface area contributed by atoms with Gasteiger partial charge in [-0.1, -0.05) is 11.2 Å². The molecule has 2 aromatic heterocycles. The minimum Gasteiger partial charge on any atom is -0.380 e. The monoisotopic (exact) mass is 510 g/mol. The van der Waals surface area contributed by atoms with Crippen LogP contribution in [0.15, 0.2) is 34.9 Å². The van der Waals surface area contributed by atoms with E-state index in [0.29, 0.717) is 70.7 Å². The van der Waals surface area contributed by atoms with E-state index in [0.717, 1.165) is 16.6 Å². The molecule has 1 aliphatic rings. The first-order chi connectivity index (χ1) is 17.1. The molecule has 10 nitrogen and oxygen atoms in total. The standard InChI is InChI=1S/C25H26N4O6S/c1-14-22(15(2)35-27-14)17-11-19-18-6-5-16(25(31)28-7-4-9-34-10-8-28)13-21(18)29(36(3,32)33)23(19)20(12-17)24(26)30/h5-6,11-13H,4,7-10H2,1-3H3,(H2,26,30). The summed E-state index contributed by atoms with van der Waals surface area (Å²) in [5.74, 6) is -0.426. The summed E-state index contributed by atoms with van der Waals surface area (Å²) >= 11 is 0. The first kappa shape index (κ1) is 24.0. The van der Waals surface area contributed by atoms with E-state index in [1.807, 2.05) is 0 Å². The van der Waals surface area contributed by atoms with E-state index < -0.39 is 15.9 Å². The molecule has 0 unspecified atom stereocenters. The van der Waals surface area contributed by atoms with Gasteiger partial charge in [0.2, 0.25) is 10.0 Å². The van der Waals surface area contributed by atoms with Crippen LogP contribution >= 0.6 is 0 Å². The fraction of sp³-hybridized carbons (Fsp3) is 0.320. The summed E-state index contributed by atoms with van der Waals surface area (Å²) in [7, 11) is -3.89. The number of hydrogen-bond donors (Lipinski definition) is 1. The number of fused-ring (bicyclic) bond motifs is 3. The maximum atomic E-state index is 13.3. The number of carbonyl (C=O) groups is 2. The third-order valence-electron chi connectivity index (χ3n) is 6.50. The highest BCUT2D eigenvalue weighted by Crippen LogP contribution is 2.38. The van der Waals surface area contributed by atoms with Crippen LogP contribution in [0, 0.1) is 13.8 Å². The highest BCUT2D eigenvalue weighted by molar-refractivity contribution is 7.89. The number of aryl methyl sites for hydroxylation is 2. The number of aromatic nitrogens is 2. The van der Waals surface area contributed by atoms with E-state index in [-0.39, 0.29) is 17.0 Å². The van der Waals surface area contributed by atoms with E-state index in [4.69, 9.17) is 15.0 Å². The van der Waals surface area contributed by atoms with Crippen molar-refractivity contribution < 1.29 is 27.3 Å². The van der Waals surface area contributed by atoms with E-state index in [9.17, 15) is 18.0 Å². The van der Waals surface area contributed by atoms with Crippen molar-refractivity contribution >= 4 is 43.6 Å². The van der Waals surface area contributed by atoms with E-state index in [1.54, 1.807) is 49.1 Å². The predicted octanol–water partition coefficient (Wildman–Crippen LogP) is 2.84. The van der Waals surface area contributed by atoms with E-state index >= 15 is 0 Å². The number of hydrogen-bond acceptors (Lipinski definition) is 7. The van der Waals surface area contributed by atoms with Crippen molar-refractivity contribution in [3.05, 3.63) is 52.9 Å². The first-order valence-electron chi connectivity index (χ1n) is 11.5. The van der Waals surface area contributed by atoms with Crippen LogP contribution in [0.1, 0.15) is 38.6 Å². The molecular weight excluding hydrogens is 484 g/mol. The molecule has 1 saturated heterocycles. The van der Waals surface area contributed by atoms with E-state index in [1.165, 1.54) is 0 Å². The summed E-state index contributed by atoms with van der Waals surface area (Å²) in [4.78, 5) is 27.5. The summed E-state index contributed by atoms with van der Waals surface area (Å²) in [6.07, 6.45) is 1.78. The number of benzene rings is 2. The second kappa shape index (κ2) is 8.75. The van der Waals surface area contributed by atoms with Crippen LogP contribution in [0.4, 0.5) is 0 Å². The Balaban J connectivity index is 1.81. The molecule has 3 heterocycles. The quantitative estimate of drug-likeness (QED) is 0.445. The summed E-state index contributed by atoms with van der Waals surface area (Å²) in [5.41, 5.74) is 8.56. The minimum atomic E-state index is -3.89. The lowest BCUT2D eigenvalue weighted by Crippen LogP contribution is -2.33. The topological polar surface area (TPSA) is 138 Å². The van der Waals surface area contributed by atoms with Gasteiger partial charge in [0.1, 0.15) is 5.76 Å². The Labute approximate surface area is 207 Å². The summed E-state index contributed by atoms with van der Waals surface area (Å²) in [5, 5.41) is 5.08. The molecule has 4 aromatic rings. The van der Waals surface area contributed by atoms with Crippen LogP contribution in [0.5, 0.6) is 0 Å². The number of nitrogens with two attached hydrogens (primary N) is 1. The summed E-state index contributed by atoms with van der Waals surface area (Å²) < 4.78 is 37.9. The third kappa shape index (κ3) is 3.94. The van der Waals surface area contributed by atoms with Crippen LogP contribution in [0.25, 0.3) is 32.9 Å². The number of rotatable bonds is 4. The molecule has 0 radical (unpaired) electrons. The van der Waals surface area contributed by atoms with Gasteiger partial charge in [-0.2, -0.15) is 0 Å². The van der Waals surface area contributed by atoms with Crippen molar-refractivity contribution in [3.63, 3.8) is 0 Å². The van der Waals surface area contributed by atoms with E-state index in [2.05, 4.69) is 5.16 Å². The van der Waals surface area contributed by atoms with Gasteiger partial charge in [-0.15, -0.1) is 0 Å². The molecule has 0 aliphatic carbocycles. The van der Waals surface area contributed by atoms with Crippen LogP contribution in [-0.4, -0.2) is 66.8 Å². The lowest BCUT2D eigenvalue weighted by Gasteiger charge is -2.19. The Hall–Kier alpha value is -3.70. The molecule has 5 rings (SSSR count). The third-order valence-corrected chi connectivity index (χ3v) is 7.54. The Kier molecular flexibility index (Phi) is 5.84. The number of nitrogens with zero attached hydrogens (tertiary/aromatic N) is 3. The lowest BCUT2D eigenvalue weighted by atomic mass is 9.97. The van der Waals surface area contributed by atoms with Gasteiger partial charge < -0.3 is 19.9 Å². The van der Waals surface area contributed by atoms with Crippen molar-refractivity contribution in [2.75, 3.05) is 32.6 Å². The molecule has 188 valence electrons. The lowest BCUT2D eigenvalue weighted by molar-refractivity contribution is 0.0741. The second-order valence-corrected chi connectivity index (χ2v) is 10.8. The minimum absolute atomic E-state index is 0.0432. The van der Waals surface area contributed by atoms with Crippen molar-refractivity contribution in [3.8, 4) is 11.1 Å². The van der Waals surface area contributed by atoms with Crippen molar-refractivity contribution in [1.29, 1.82) is 0 Å². The van der Waals surface area contributed by atoms with Crippen LogP contribution < -0.4 is 5.73 Å². The zero-order valence-corrected chi connectivity index (χ0v) is 21.0. The largest absolute Gasteiger partial charge is 0.380 e. The SMILES string of the molecule is Cc1noc(C)c1-c1cc(C(N)=O)c2c(c1)c1ccc(C(=O)N3CCCOCC3)cc1n2S(C)(=O)=O. The number of amides is 2. The second-order valence-electron chi connectivity index (χ2n) is 9.00. The molecule has 0 saturated carbocycles. The Bertz CT molecular complexity index is 1620. The maximum absolute atomic E-state index is 13.3. The van der Waals surface area contributed by atoms with Crippen molar-refractivity contribution in [2.45, 2.75) is 20.3 Å². The van der Waals surface area contributed by atoms with Crippen molar-refractivity contribution in [2.24, 2.45) is 5.73 Å². The molecule has 11 heteroatoms. The van der Waals surface area contributed by atoms with Gasteiger partial charge in [0.25, 0.3) is 11.8 Å². The molecule has 1 aliphatic heterocycles. The molecule has 0 spiro atoms. The Morgan fingerprint density at radius 1 is 1.06 bits per heavy atom. The average Bonchev–Trinajstić information content (AvgIpc) is 3.19. The Morgan fingerprint density at radius 3 is 2.50 bits per heavy atom. The van der Waals surface area contributed by atoms with Gasteiger partial charge >= 0.3 is 0 Å². The predicted molar refractivity (Wildman–Crippen MR) is 135 cm³/mol. The van der Waals surface area contributed by atoms with Crippen molar-refractivity contribution in [1.82, 2.24) is 14.0 Å². The normalized spacial score (nSPS) is 14.9. The number of carbonyl (C=O) groups excluding carboxylic acids is 2. The maximum Gasteiger partial charge on any atom is 0.254 e. The fourth-order valence-electron chi connectivity index (χ4n) is 4.94. The number of ether oxygens (including phenoxy) is 1. The summed E-state index contributed by atoms with van der Waals surface area (Å²) in [6, 6.07) is 8.30. The van der Waals surface area contributed by atoms with Gasteiger partial charge in [-0.3, -0.25) is 9.59 Å². The molecule has 1 fully saturated rings. The van der Waals surface area contributed by atoms with Crippen LogP contribution in [0.2, 0.25) is 0 Å². The fourth-order valence-corrected chi connectivity index (χ4v) is 5.98. The van der Waals surface area contributed by atoms with Crippen LogP contribution in [0.3, 0.4) is 0 Å². The molecule has 36 heavy (non-hydrogen) atoms. The average molecular weight is 511 g/mol. The smallest absolute Gasteiger partial charge is 0.254 e. The molecular formula is C25H26N4O6S. The Morgan fingerprint density at radius 2 is 1.83 bits per heavy atom. The first-order valence-corrected chi connectivity index (χ1v) is 13.4. The zero-order valence-electron chi connectivity index (χ0n) is 20.2. The molecule has 2 N–H and O–H groups in total. The highest BCUT2D eigenvalue weighted by Gasteiger charge is 2.26. The molecule has 0 bridgehead atoms. The van der Waals surface area contributed by atoms with Gasteiger partial charge in [-0.05, 0) is 50.1 Å². The summed E-state index contributed by atoms with van der Waals surface area (Å²) in [6.45, 7) is 5.59. The van der Waals surface area contributed by atoms with Gasteiger partial charge in [0.15, 0.2) is 0 Å². The van der Waals surface area contributed by atoms with Gasteiger partial charge in [-0.25, -0.2) is 12.4 Å². The molecule has 2 aromatic carbocycles. The van der Waals surface area contributed by atoms with Crippen LogP contribution in [-0.2, 0) is 14.8 Å². The zero-order chi connectivity index (χ0) is 25.8. The van der Waals surface area contributed by atoms with Gasteiger partial charge in [0.05, 0.1) is 35.2 Å². The number of primary amides is 1.